The lowest BCUT2D eigenvalue weighted by Crippen LogP contribution is -2.32. The molecule has 0 saturated heterocycles. The van der Waals surface area contributed by atoms with Gasteiger partial charge >= 0.3 is 0 Å². The van der Waals surface area contributed by atoms with E-state index in [1.807, 2.05) is 6.07 Å². The molecule has 0 fully saturated rings. The molecule has 0 unspecified atom stereocenters. The normalized spacial score (nSPS) is 21.1. The van der Waals surface area contributed by atoms with Crippen LogP contribution in [0.2, 0.25) is 0 Å². The molecule has 2 aromatic carbocycles. The quantitative estimate of drug-likeness (QED) is 0.676. The highest BCUT2D eigenvalue weighted by molar-refractivity contribution is 5.62. The Morgan fingerprint density at radius 3 is 2.06 bits per heavy atom. The van der Waals surface area contributed by atoms with Gasteiger partial charge < -0.3 is 19.3 Å². The van der Waals surface area contributed by atoms with Gasteiger partial charge in [-0.1, -0.05) is 13.8 Å². The van der Waals surface area contributed by atoms with E-state index >= 15 is 0 Å². The summed E-state index contributed by atoms with van der Waals surface area (Å²) in [6.07, 6.45) is 3.83. The first-order chi connectivity index (χ1) is 15.4. The van der Waals surface area contributed by atoms with E-state index in [-0.39, 0.29) is 11.8 Å². The molecule has 4 rings (SSSR count). The van der Waals surface area contributed by atoms with Gasteiger partial charge in [-0.2, -0.15) is 0 Å². The van der Waals surface area contributed by atoms with Gasteiger partial charge in [0.15, 0.2) is 23.0 Å². The number of phenols is 1. The lowest BCUT2D eigenvalue weighted by atomic mass is 9.89. The Bertz CT molecular complexity index is 991. The van der Waals surface area contributed by atoms with Crippen molar-refractivity contribution in [1.82, 2.24) is 9.80 Å². The number of nitrogens with zero attached hydrogens (tertiary/aromatic N) is 2. The largest absolute Gasteiger partial charge is 0.502 e. The third kappa shape index (κ3) is 3.80. The third-order valence-corrected chi connectivity index (χ3v) is 7.20. The van der Waals surface area contributed by atoms with Crippen LogP contribution in [-0.2, 0) is 12.8 Å². The first-order valence-electron chi connectivity index (χ1n) is 11.6. The van der Waals surface area contributed by atoms with E-state index in [0.717, 1.165) is 44.3 Å². The van der Waals surface area contributed by atoms with E-state index in [4.69, 9.17) is 14.2 Å². The van der Waals surface area contributed by atoms with Gasteiger partial charge in [-0.3, -0.25) is 9.80 Å². The minimum absolute atomic E-state index is 0.0453. The van der Waals surface area contributed by atoms with Gasteiger partial charge in [-0.15, -0.1) is 0 Å². The van der Waals surface area contributed by atoms with Crippen molar-refractivity contribution in [1.29, 1.82) is 0 Å². The first-order valence-corrected chi connectivity index (χ1v) is 11.6. The summed E-state index contributed by atoms with van der Waals surface area (Å²) < 4.78 is 17.8. The Balaban J connectivity index is 1.87. The standard InChI is InChI=1S/C26H36N2O4/c1-7-19-18-15-22(21(30-5)13-16(18)9-11-27(19)3)32-26-24-17(14-23(31-6)25(26)29)10-12-28(4)20(24)8-2/h13-15,19-20,29H,7-12H2,1-6H3/t19-,20+/m1/s1. The summed E-state index contributed by atoms with van der Waals surface area (Å²) >= 11 is 0. The number of benzene rings is 2. The van der Waals surface area contributed by atoms with Crippen LogP contribution in [0, 0.1) is 0 Å². The predicted octanol–water partition coefficient (Wildman–Crippen LogP) is 5.08. The number of methoxy groups -OCH3 is 2. The van der Waals surface area contributed by atoms with Crippen molar-refractivity contribution in [2.75, 3.05) is 41.4 Å². The maximum Gasteiger partial charge on any atom is 0.201 e. The molecule has 0 aliphatic carbocycles. The van der Waals surface area contributed by atoms with Crippen LogP contribution in [0.3, 0.4) is 0 Å². The van der Waals surface area contributed by atoms with Crippen LogP contribution in [-0.4, -0.2) is 56.3 Å². The van der Waals surface area contributed by atoms with E-state index in [0.29, 0.717) is 29.0 Å². The number of hydrogen-bond acceptors (Lipinski definition) is 6. The summed E-state index contributed by atoms with van der Waals surface area (Å²) in [6.45, 7) is 6.38. The second-order valence-corrected chi connectivity index (χ2v) is 8.94. The maximum atomic E-state index is 11.1. The van der Waals surface area contributed by atoms with Crippen molar-refractivity contribution >= 4 is 0 Å². The SMILES string of the molecule is CC[C@@H]1c2cc(Oc3c(O)c(OC)cc4c3[C@H](CC)N(C)CC4)c(OC)cc2CCN1C. The van der Waals surface area contributed by atoms with Crippen LogP contribution in [0.15, 0.2) is 18.2 Å². The Kier molecular flexibility index (Phi) is 6.54. The molecule has 6 heteroatoms. The van der Waals surface area contributed by atoms with Gasteiger partial charge in [0.25, 0.3) is 0 Å². The number of rotatable bonds is 6. The van der Waals surface area contributed by atoms with E-state index in [1.54, 1.807) is 14.2 Å². The Hall–Kier alpha value is -2.44. The second-order valence-electron chi connectivity index (χ2n) is 8.94. The number of ether oxygens (including phenoxy) is 3. The summed E-state index contributed by atoms with van der Waals surface area (Å²) in [5.74, 6) is 2.29. The molecule has 2 aromatic rings. The molecule has 2 aliphatic rings. The molecule has 0 amide bonds. The van der Waals surface area contributed by atoms with Crippen molar-refractivity contribution in [2.45, 2.75) is 51.6 Å². The monoisotopic (exact) mass is 440 g/mol. The molecule has 0 aromatic heterocycles. The number of hydrogen-bond donors (Lipinski definition) is 1. The van der Waals surface area contributed by atoms with Gasteiger partial charge in [0, 0.05) is 30.7 Å². The Morgan fingerprint density at radius 2 is 1.44 bits per heavy atom. The molecule has 0 bridgehead atoms. The predicted molar refractivity (Wildman–Crippen MR) is 126 cm³/mol. The number of phenolic OH excluding ortho intramolecular Hbond substituents is 1. The lowest BCUT2D eigenvalue weighted by molar-refractivity contribution is 0.216. The van der Waals surface area contributed by atoms with Gasteiger partial charge in [-0.05, 0) is 74.7 Å². The topological polar surface area (TPSA) is 54.4 Å². The molecule has 6 nitrogen and oxygen atoms in total. The third-order valence-electron chi connectivity index (χ3n) is 7.20. The first kappa shape index (κ1) is 22.7. The van der Waals surface area contributed by atoms with Gasteiger partial charge in [0.1, 0.15) is 0 Å². The number of likely N-dealkylation sites (N-methyl/N-ethyl adjacent to an activating group) is 2. The smallest absolute Gasteiger partial charge is 0.201 e. The molecule has 32 heavy (non-hydrogen) atoms. The summed E-state index contributed by atoms with van der Waals surface area (Å²) in [4.78, 5) is 4.72. The van der Waals surface area contributed by atoms with Crippen LogP contribution in [0.25, 0.3) is 0 Å². The van der Waals surface area contributed by atoms with Crippen LogP contribution >= 0.6 is 0 Å². The lowest BCUT2D eigenvalue weighted by Gasteiger charge is -2.36. The zero-order chi connectivity index (χ0) is 23.0. The summed E-state index contributed by atoms with van der Waals surface area (Å²) in [5, 5.41) is 11.1. The number of fused-ring (bicyclic) bond motifs is 2. The minimum atomic E-state index is 0.0453. The molecule has 0 radical (unpaired) electrons. The van der Waals surface area contributed by atoms with E-state index in [9.17, 15) is 5.11 Å². The highest BCUT2D eigenvalue weighted by atomic mass is 16.5. The summed E-state index contributed by atoms with van der Waals surface area (Å²) in [7, 11) is 7.56. The van der Waals surface area contributed by atoms with Crippen molar-refractivity contribution < 1.29 is 19.3 Å². The van der Waals surface area contributed by atoms with Gasteiger partial charge in [-0.25, -0.2) is 0 Å². The van der Waals surface area contributed by atoms with E-state index < -0.39 is 0 Å². The van der Waals surface area contributed by atoms with Crippen molar-refractivity contribution in [3.05, 3.63) is 40.5 Å². The highest BCUT2D eigenvalue weighted by Gasteiger charge is 2.32. The van der Waals surface area contributed by atoms with Crippen LogP contribution < -0.4 is 14.2 Å². The highest BCUT2D eigenvalue weighted by Crippen LogP contribution is 2.51. The fourth-order valence-corrected chi connectivity index (χ4v) is 5.42. The Morgan fingerprint density at radius 1 is 0.844 bits per heavy atom. The fourth-order valence-electron chi connectivity index (χ4n) is 5.42. The van der Waals surface area contributed by atoms with Crippen molar-refractivity contribution in [3.63, 3.8) is 0 Å². The molecule has 0 spiro atoms. The molecule has 0 saturated carbocycles. The zero-order valence-corrected chi connectivity index (χ0v) is 20.2. The van der Waals surface area contributed by atoms with Gasteiger partial charge in [0.05, 0.1) is 14.2 Å². The molecule has 2 heterocycles. The molecular weight excluding hydrogens is 404 g/mol. The van der Waals surface area contributed by atoms with E-state index in [1.165, 1.54) is 16.7 Å². The average molecular weight is 441 g/mol. The molecular formula is C26H36N2O4. The van der Waals surface area contributed by atoms with Gasteiger partial charge in [0.2, 0.25) is 5.75 Å². The minimum Gasteiger partial charge on any atom is -0.502 e. The summed E-state index contributed by atoms with van der Waals surface area (Å²) in [6, 6.07) is 6.68. The second kappa shape index (κ2) is 9.20. The fraction of sp³-hybridized carbons (Fsp3) is 0.538. The van der Waals surface area contributed by atoms with Crippen LogP contribution in [0.5, 0.6) is 28.7 Å². The number of aromatic hydroxyl groups is 1. The van der Waals surface area contributed by atoms with Crippen molar-refractivity contribution in [3.8, 4) is 28.7 Å². The zero-order valence-electron chi connectivity index (χ0n) is 20.2. The molecule has 174 valence electrons. The van der Waals surface area contributed by atoms with Crippen molar-refractivity contribution in [2.24, 2.45) is 0 Å². The average Bonchev–Trinajstić information content (AvgIpc) is 2.80. The Labute approximate surface area is 191 Å². The maximum absolute atomic E-state index is 11.1. The molecule has 1 N–H and O–H groups in total. The van der Waals surface area contributed by atoms with Crippen LogP contribution in [0.1, 0.15) is 61.0 Å². The molecule has 2 atom stereocenters. The van der Waals surface area contributed by atoms with Crippen LogP contribution in [0.4, 0.5) is 0 Å². The summed E-state index contributed by atoms with van der Waals surface area (Å²) in [5.41, 5.74) is 4.80. The molecule has 2 aliphatic heterocycles. The van der Waals surface area contributed by atoms with E-state index in [2.05, 4.69) is 49.9 Å².